The lowest BCUT2D eigenvalue weighted by Gasteiger charge is -2.18. The fourth-order valence-electron chi connectivity index (χ4n) is 1.66. The van der Waals surface area contributed by atoms with Gasteiger partial charge in [0.05, 0.1) is 18.4 Å². The number of hydrogen-bond acceptors (Lipinski definition) is 2. The standard InChI is InChI=1S/C11H13F2NO/c1-14(2)11-7(5-8-6-15-8)3-4-9(12)10(11)13/h3-4,8H,5-6H2,1-2H3. The highest BCUT2D eigenvalue weighted by atomic mass is 19.2. The van der Waals surface area contributed by atoms with Crippen molar-refractivity contribution in [3.8, 4) is 0 Å². The smallest absolute Gasteiger partial charge is 0.182 e. The molecule has 0 aromatic heterocycles. The van der Waals surface area contributed by atoms with E-state index in [1.54, 1.807) is 25.1 Å². The molecule has 0 spiro atoms. The first-order valence-corrected chi connectivity index (χ1v) is 4.85. The van der Waals surface area contributed by atoms with Crippen molar-refractivity contribution in [3.05, 3.63) is 29.3 Å². The van der Waals surface area contributed by atoms with Crippen LogP contribution in [0.3, 0.4) is 0 Å². The molecule has 2 nitrogen and oxygen atoms in total. The van der Waals surface area contributed by atoms with E-state index in [1.807, 2.05) is 0 Å². The number of ether oxygens (including phenoxy) is 1. The molecule has 1 aromatic carbocycles. The molecule has 1 aliphatic rings. The summed E-state index contributed by atoms with van der Waals surface area (Å²) in [6.07, 6.45) is 0.818. The maximum atomic E-state index is 13.5. The summed E-state index contributed by atoms with van der Waals surface area (Å²) in [7, 11) is 3.41. The monoisotopic (exact) mass is 213 g/mol. The van der Waals surface area contributed by atoms with E-state index in [2.05, 4.69) is 0 Å². The fraction of sp³-hybridized carbons (Fsp3) is 0.455. The van der Waals surface area contributed by atoms with E-state index in [1.165, 1.54) is 6.07 Å². The molecule has 1 heterocycles. The van der Waals surface area contributed by atoms with E-state index >= 15 is 0 Å². The Hall–Kier alpha value is -1.16. The predicted octanol–water partition coefficient (Wildman–Crippen LogP) is 1.97. The van der Waals surface area contributed by atoms with Crippen molar-refractivity contribution in [2.75, 3.05) is 25.6 Å². The SMILES string of the molecule is CN(C)c1c(CC2CO2)ccc(F)c1F. The van der Waals surface area contributed by atoms with Gasteiger partial charge in [-0.15, -0.1) is 0 Å². The van der Waals surface area contributed by atoms with E-state index in [9.17, 15) is 8.78 Å². The normalized spacial score (nSPS) is 19.1. The Labute approximate surface area is 87.5 Å². The predicted molar refractivity (Wildman–Crippen MR) is 54.1 cm³/mol. The van der Waals surface area contributed by atoms with E-state index < -0.39 is 11.6 Å². The van der Waals surface area contributed by atoms with Gasteiger partial charge >= 0.3 is 0 Å². The molecular formula is C11H13F2NO. The molecule has 1 aliphatic heterocycles. The Morgan fingerprint density at radius 3 is 2.60 bits per heavy atom. The zero-order valence-electron chi connectivity index (χ0n) is 8.76. The van der Waals surface area contributed by atoms with Gasteiger partial charge in [0.2, 0.25) is 0 Å². The third-order valence-electron chi connectivity index (χ3n) is 2.45. The molecule has 0 amide bonds. The van der Waals surface area contributed by atoms with Gasteiger partial charge in [-0.1, -0.05) is 6.07 Å². The number of epoxide rings is 1. The molecule has 0 bridgehead atoms. The average Bonchev–Trinajstić information content (AvgIpc) is 2.95. The van der Waals surface area contributed by atoms with Gasteiger partial charge in [0.15, 0.2) is 11.6 Å². The minimum atomic E-state index is -0.806. The van der Waals surface area contributed by atoms with Gasteiger partial charge in [0, 0.05) is 20.5 Å². The Morgan fingerprint density at radius 2 is 2.07 bits per heavy atom. The first-order chi connectivity index (χ1) is 7.09. The molecule has 4 heteroatoms. The number of halogens is 2. The molecule has 0 radical (unpaired) electrons. The highest BCUT2D eigenvalue weighted by molar-refractivity contribution is 5.54. The van der Waals surface area contributed by atoms with E-state index in [-0.39, 0.29) is 6.10 Å². The minimum absolute atomic E-state index is 0.175. The van der Waals surface area contributed by atoms with Gasteiger partial charge in [-0.3, -0.25) is 0 Å². The lowest BCUT2D eigenvalue weighted by molar-refractivity contribution is 0.407. The van der Waals surface area contributed by atoms with Gasteiger partial charge in [0.25, 0.3) is 0 Å². The number of rotatable bonds is 3. The van der Waals surface area contributed by atoms with Crippen LogP contribution in [0, 0.1) is 11.6 Å². The molecule has 1 saturated heterocycles. The second-order valence-electron chi connectivity index (χ2n) is 3.92. The Morgan fingerprint density at radius 1 is 1.40 bits per heavy atom. The van der Waals surface area contributed by atoms with Gasteiger partial charge in [-0.25, -0.2) is 8.78 Å². The molecule has 0 aliphatic carbocycles. The Balaban J connectivity index is 2.38. The van der Waals surface area contributed by atoms with Crippen LogP contribution in [0.5, 0.6) is 0 Å². The molecule has 2 rings (SSSR count). The summed E-state index contributed by atoms with van der Waals surface area (Å²) in [6.45, 7) is 0.714. The summed E-state index contributed by atoms with van der Waals surface area (Å²) in [4.78, 5) is 1.59. The summed E-state index contributed by atoms with van der Waals surface area (Å²) in [5.41, 5.74) is 1.12. The molecule has 1 unspecified atom stereocenters. The topological polar surface area (TPSA) is 15.8 Å². The lowest BCUT2D eigenvalue weighted by Crippen LogP contribution is -2.15. The van der Waals surface area contributed by atoms with Crippen LogP contribution >= 0.6 is 0 Å². The average molecular weight is 213 g/mol. The highest BCUT2D eigenvalue weighted by Gasteiger charge is 2.26. The molecule has 15 heavy (non-hydrogen) atoms. The molecule has 1 fully saturated rings. The van der Waals surface area contributed by atoms with Crippen LogP contribution in [-0.4, -0.2) is 26.8 Å². The lowest BCUT2D eigenvalue weighted by atomic mass is 10.1. The number of nitrogens with zero attached hydrogens (tertiary/aromatic N) is 1. The zero-order valence-corrected chi connectivity index (χ0v) is 8.76. The molecule has 1 atom stereocenters. The van der Waals surface area contributed by atoms with Crippen molar-refractivity contribution < 1.29 is 13.5 Å². The van der Waals surface area contributed by atoms with Crippen LogP contribution in [0.4, 0.5) is 14.5 Å². The van der Waals surface area contributed by atoms with Crippen LogP contribution in [0.1, 0.15) is 5.56 Å². The number of hydrogen-bond donors (Lipinski definition) is 0. The summed E-state index contributed by atoms with van der Waals surface area (Å²) in [5, 5.41) is 0. The van der Waals surface area contributed by atoms with Gasteiger partial charge in [0.1, 0.15) is 0 Å². The van der Waals surface area contributed by atoms with Gasteiger partial charge < -0.3 is 9.64 Å². The molecular weight excluding hydrogens is 200 g/mol. The van der Waals surface area contributed by atoms with Crippen molar-refractivity contribution in [1.82, 2.24) is 0 Å². The number of anilines is 1. The van der Waals surface area contributed by atoms with E-state index in [4.69, 9.17) is 4.74 Å². The van der Waals surface area contributed by atoms with Crippen LogP contribution in [0.25, 0.3) is 0 Å². The zero-order chi connectivity index (χ0) is 11.0. The summed E-state index contributed by atoms with van der Waals surface area (Å²) < 4.78 is 31.6. The van der Waals surface area contributed by atoms with Gasteiger partial charge in [-0.05, 0) is 11.6 Å². The van der Waals surface area contributed by atoms with Crippen molar-refractivity contribution >= 4 is 5.69 Å². The first kappa shape index (κ1) is 10.4. The van der Waals surface area contributed by atoms with Crippen molar-refractivity contribution in [1.29, 1.82) is 0 Å². The summed E-state index contributed by atoms with van der Waals surface area (Å²) in [6, 6.07) is 2.79. The van der Waals surface area contributed by atoms with Crippen molar-refractivity contribution in [2.45, 2.75) is 12.5 Å². The molecule has 0 N–H and O–H groups in total. The first-order valence-electron chi connectivity index (χ1n) is 4.85. The van der Waals surface area contributed by atoms with Crippen LogP contribution < -0.4 is 4.90 Å². The fourth-order valence-corrected chi connectivity index (χ4v) is 1.66. The third kappa shape index (κ3) is 2.09. The minimum Gasteiger partial charge on any atom is -0.375 e. The third-order valence-corrected chi connectivity index (χ3v) is 2.45. The highest BCUT2D eigenvalue weighted by Crippen LogP contribution is 2.28. The molecule has 0 saturated carbocycles. The number of benzene rings is 1. The van der Waals surface area contributed by atoms with Crippen molar-refractivity contribution in [3.63, 3.8) is 0 Å². The van der Waals surface area contributed by atoms with E-state index in [0.29, 0.717) is 18.7 Å². The van der Waals surface area contributed by atoms with Crippen molar-refractivity contribution in [2.24, 2.45) is 0 Å². The molecule has 1 aromatic rings. The largest absolute Gasteiger partial charge is 0.375 e. The summed E-state index contributed by atoms with van der Waals surface area (Å²) >= 11 is 0. The maximum Gasteiger partial charge on any atom is 0.182 e. The molecule has 82 valence electrons. The van der Waals surface area contributed by atoms with E-state index in [0.717, 1.165) is 5.56 Å². The quantitative estimate of drug-likeness (QED) is 0.713. The Kier molecular flexibility index (Phi) is 2.61. The van der Waals surface area contributed by atoms with Crippen LogP contribution in [-0.2, 0) is 11.2 Å². The second-order valence-corrected chi connectivity index (χ2v) is 3.92. The van der Waals surface area contributed by atoms with Gasteiger partial charge in [-0.2, -0.15) is 0 Å². The summed E-state index contributed by atoms with van der Waals surface area (Å²) in [5.74, 6) is -1.59. The van der Waals surface area contributed by atoms with Crippen LogP contribution in [0.15, 0.2) is 12.1 Å². The Bertz CT molecular complexity index is 375. The van der Waals surface area contributed by atoms with Crippen LogP contribution in [0.2, 0.25) is 0 Å². The second kappa shape index (κ2) is 3.77. The maximum absolute atomic E-state index is 13.5.